The molecule has 0 N–H and O–H groups in total. The normalized spacial score (nSPS) is 2.25. The molecule has 0 rings (SSSR count). The number of rotatable bonds is 0. The summed E-state index contributed by atoms with van der Waals surface area (Å²) in [6.07, 6.45) is 0. The van der Waals surface area contributed by atoms with E-state index in [2.05, 4.69) is 0 Å². The molecule has 0 unspecified atom stereocenters. The van der Waals surface area contributed by atoms with Crippen LogP contribution in [0.25, 0.3) is 0 Å². The van der Waals surface area contributed by atoms with Gasteiger partial charge < -0.3 is 0 Å². The molecule has 18 valence electrons. The molecule has 0 atom stereocenters. The van der Waals surface area contributed by atoms with E-state index in [4.69, 9.17) is 5.26 Å². The first-order valence-corrected chi connectivity index (χ1v) is 1.28. The standard InChI is InChI=1S/CN.BH4.Mg/c1-2;;/h;1H4;/q;-1;+1. The average molecular weight is 65.2 g/mol. The van der Waals surface area contributed by atoms with Gasteiger partial charge in [-0.25, -0.2) is 0 Å². The van der Waals surface area contributed by atoms with Crippen molar-refractivity contribution in [1.29, 1.82) is 5.26 Å². The summed E-state index contributed by atoms with van der Waals surface area (Å²) in [4.78, 5) is 0. The van der Waals surface area contributed by atoms with Gasteiger partial charge in [0, 0.05) is 0 Å². The fourth-order valence-electron chi connectivity index (χ4n) is 0. The second kappa shape index (κ2) is 10.3. The van der Waals surface area contributed by atoms with E-state index in [1.165, 1.54) is 21.7 Å². The van der Waals surface area contributed by atoms with Crippen molar-refractivity contribution in [2.24, 2.45) is 0 Å². The van der Waals surface area contributed by atoms with E-state index in [1.807, 2.05) is 0 Å². The molecule has 0 fully saturated rings. The zero-order valence-electron chi connectivity index (χ0n) is 1.65. The van der Waals surface area contributed by atoms with Gasteiger partial charge in [0.1, 0.15) is 0 Å². The molecule has 4 heavy (non-hydrogen) atoms. The van der Waals surface area contributed by atoms with E-state index in [9.17, 15) is 0 Å². The Kier molecular flexibility index (Phi) is 22.7. The molecule has 3 heteroatoms. The summed E-state index contributed by atoms with van der Waals surface area (Å²) in [5.74, 6) is 0. The minimum absolute atomic E-state index is 0. The Morgan fingerprint density at radius 2 is 1.75 bits per heavy atom. The molecule has 0 saturated carbocycles. The molecule has 0 radical (unpaired) electrons. The molecule has 0 aromatic heterocycles. The summed E-state index contributed by atoms with van der Waals surface area (Å²) in [6, 6.07) is 0. The van der Waals surface area contributed by atoms with Gasteiger partial charge in [-0.3, -0.25) is 0 Å². The summed E-state index contributed by atoms with van der Waals surface area (Å²) in [5, 5.41) is 7.33. The monoisotopic (exact) mass is 65.0 g/mol. The average Bonchev–Trinajstić information content (AvgIpc) is 0.918. The SMILES string of the molecule is N#[C][Mg+].[BH4-]. The molecule has 0 heterocycles. The molecule has 0 aliphatic heterocycles. The summed E-state index contributed by atoms with van der Waals surface area (Å²) >= 11 is 1.28. The molecule has 0 bridgehead atoms. The van der Waals surface area contributed by atoms with Crippen LogP contribution >= 0.6 is 0 Å². The van der Waals surface area contributed by atoms with Crippen LogP contribution in [0.2, 0.25) is 0 Å². The summed E-state index contributed by atoms with van der Waals surface area (Å²) in [6.45, 7) is 0. The van der Waals surface area contributed by atoms with Crippen molar-refractivity contribution in [2.75, 3.05) is 0 Å². The minimum atomic E-state index is 0. The second-order valence-electron chi connectivity index (χ2n) is 0.158. The van der Waals surface area contributed by atoms with Crippen LogP contribution in [0.4, 0.5) is 0 Å². The number of hydrogen-bond donors (Lipinski definition) is 0. The molecule has 0 spiro atoms. The van der Waals surface area contributed by atoms with Crippen LogP contribution < -0.4 is 0 Å². The molecule has 0 aliphatic carbocycles. The Morgan fingerprint density at radius 1 is 1.75 bits per heavy atom. The van der Waals surface area contributed by atoms with Gasteiger partial charge in [-0.15, -0.1) is 0 Å². The smallest absolute Gasteiger partial charge is 0.0626 e. The Morgan fingerprint density at radius 3 is 1.75 bits per heavy atom. The van der Waals surface area contributed by atoms with Crippen molar-refractivity contribution >= 4 is 30.1 Å². The Bertz CT molecular complexity index is 29.5. The van der Waals surface area contributed by atoms with Crippen LogP contribution in [0, 0.1) is 9.46 Å². The van der Waals surface area contributed by atoms with E-state index in [1.54, 1.807) is 4.20 Å². The van der Waals surface area contributed by atoms with E-state index >= 15 is 0 Å². The largest absolute Gasteiger partial charge is 0.0626 e. The van der Waals surface area contributed by atoms with E-state index in [0.29, 0.717) is 0 Å². The fraction of sp³-hybridized carbons (Fsp3) is 0. The number of nitriles is 1. The van der Waals surface area contributed by atoms with E-state index in [-0.39, 0.29) is 8.41 Å². The summed E-state index contributed by atoms with van der Waals surface area (Å²) < 4.78 is 1.78. The molecule has 0 saturated heterocycles. The molecule has 0 aromatic rings. The first-order chi connectivity index (χ1) is 1.41. The Hall–Kier alpha value is 0.321. The Balaban J connectivity index is 0. The van der Waals surface area contributed by atoms with Crippen molar-refractivity contribution in [3.8, 4) is 4.20 Å². The van der Waals surface area contributed by atoms with Crippen molar-refractivity contribution in [3.63, 3.8) is 0 Å². The maximum absolute atomic E-state index is 7.33. The fourth-order valence-corrected chi connectivity index (χ4v) is 0. The van der Waals surface area contributed by atoms with Gasteiger partial charge in [0.15, 0.2) is 0 Å². The van der Waals surface area contributed by atoms with Crippen molar-refractivity contribution in [1.82, 2.24) is 0 Å². The minimum Gasteiger partial charge on any atom is -0.0626 e. The number of hydrogen-bond acceptors (Lipinski definition) is 1. The summed E-state index contributed by atoms with van der Waals surface area (Å²) in [5.41, 5.74) is 0. The first kappa shape index (κ1) is 8.85. The quantitative estimate of drug-likeness (QED) is 0.305. The molecule has 0 aromatic carbocycles. The van der Waals surface area contributed by atoms with Crippen molar-refractivity contribution in [2.45, 2.75) is 0 Å². The van der Waals surface area contributed by atoms with Crippen LogP contribution in [0.5, 0.6) is 0 Å². The summed E-state index contributed by atoms with van der Waals surface area (Å²) in [7, 11) is 0. The molecular formula is CH4BMgN. The maximum atomic E-state index is 7.33. The van der Waals surface area contributed by atoms with Crippen molar-refractivity contribution in [3.05, 3.63) is 0 Å². The molecular weight excluding hydrogens is 61.1 g/mol. The van der Waals surface area contributed by atoms with Crippen LogP contribution in [-0.2, 0) is 0 Å². The third-order valence-electron chi connectivity index (χ3n) is 0. The molecule has 0 amide bonds. The van der Waals surface area contributed by atoms with Crippen LogP contribution in [0.3, 0.4) is 0 Å². The third kappa shape index (κ3) is 39.3. The van der Waals surface area contributed by atoms with Gasteiger partial charge in [0.25, 0.3) is 0 Å². The molecule has 1 nitrogen and oxygen atoms in total. The third-order valence-corrected chi connectivity index (χ3v) is 0. The van der Waals surface area contributed by atoms with Gasteiger partial charge in [-0.1, -0.05) is 8.41 Å². The predicted octanol–water partition coefficient (Wildman–Crippen LogP) is -1.82. The second-order valence-corrected chi connectivity index (χ2v) is 0.474. The maximum Gasteiger partial charge on any atom is -0.0626 e. The zero-order valence-corrected chi connectivity index (χ0v) is 3.07. The van der Waals surface area contributed by atoms with Crippen LogP contribution in [-0.4, -0.2) is 30.1 Å². The topological polar surface area (TPSA) is 23.8 Å². The molecule has 0 aliphatic rings. The van der Waals surface area contributed by atoms with Gasteiger partial charge in [-0.05, 0) is 0 Å². The van der Waals surface area contributed by atoms with Gasteiger partial charge in [0.05, 0.1) is 0 Å². The van der Waals surface area contributed by atoms with Gasteiger partial charge in [0.2, 0.25) is 0 Å². The van der Waals surface area contributed by atoms with Gasteiger partial charge in [-0.2, -0.15) is 0 Å². The first-order valence-electron chi connectivity index (χ1n) is 0.577. The van der Waals surface area contributed by atoms with E-state index < -0.39 is 0 Å². The van der Waals surface area contributed by atoms with E-state index in [0.717, 1.165) is 0 Å². The zero-order chi connectivity index (χ0) is 2.71. The Labute approximate surface area is 40.0 Å². The van der Waals surface area contributed by atoms with Crippen molar-refractivity contribution < 1.29 is 0 Å². The predicted molar refractivity (Wildman–Crippen MR) is 22.7 cm³/mol. The van der Waals surface area contributed by atoms with Gasteiger partial charge >= 0.3 is 31.2 Å². The number of nitrogens with zero attached hydrogens (tertiary/aromatic N) is 1. The van der Waals surface area contributed by atoms with Crippen LogP contribution in [0.15, 0.2) is 0 Å². The van der Waals surface area contributed by atoms with Crippen LogP contribution in [0.1, 0.15) is 0 Å².